The minimum absolute atomic E-state index is 0.0166. The van der Waals surface area contributed by atoms with Crippen molar-refractivity contribution in [2.24, 2.45) is 0 Å². The summed E-state index contributed by atoms with van der Waals surface area (Å²) in [6.45, 7) is 10.5. The van der Waals surface area contributed by atoms with Crippen molar-refractivity contribution in [2.75, 3.05) is 79.7 Å². The number of thiophene rings is 1. The third-order valence-corrected chi connectivity index (χ3v) is 14.4. The zero-order valence-corrected chi connectivity index (χ0v) is 40.5. The molecule has 0 radical (unpaired) electrons. The summed E-state index contributed by atoms with van der Waals surface area (Å²) in [6, 6.07) is 13.3. The summed E-state index contributed by atoms with van der Waals surface area (Å²) in [5, 5.41) is 11.9. The van der Waals surface area contributed by atoms with Gasteiger partial charge in [0, 0.05) is 81.0 Å². The Kier molecular flexibility index (Phi) is 14.8. The van der Waals surface area contributed by atoms with Gasteiger partial charge >= 0.3 is 12.0 Å². The van der Waals surface area contributed by atoms with Crippen molar-refractivity contribution >= 4 is 50.7 Å². The van der Waals surface area contributed by atoms with Crippen molar-refractivity contribution in [3.8, 4) is 50.7 Å². The van der Waals surface area contributed by atoms with Crippen LogP contribution in [-0.2, 0) is 22.6 Å². The van der Waals surface area contributed by atoms with E-state index in [2.05, 4.69) is 48.7 Å². The predicted octanol–water partition coefficient (Wildman–Crippen LogP) is 8.02. The van der Waals surface area contributed by atoms with Crippen molar-refractivity contribution in [3.63, 3.8) is 0 Å². The molecule has 0 unspecified atom stereocenters. The Morgan fingerprint density at radius 1 is 0.912 bits per heavy atom. The van der Waals surface area contributed by atoms with Crippen LogP contribution in [0.1, 0.15) is 28.8 Å². The van der Waals surface area contributed by atoms with Gasteiger partial charge in [0.05, 0.1) is 21.1 Å². The van der Waals surface area contributed by atoms with Crippen molar-refractivity contribution in [2.45, 2.75) is 51.6 Å². The molecular formula is C49H52Cl2FN7O8S. The molecular weight excluding hydrogens is 937 g/mol. The van der Waals surface area contributed by atoms with E-state index >= 15 is 0 Å². The molecule has 3 aromatic heterocycles. The average Bonchev–Trinajstić information content (AvgIpc) is 3.58. The second-order valence-corrected chi connectivity index (χ2v) is 19.1. The average molecular weight is 989 g/mol. The van der Waals surface area contributed by atoms with Crippen LogP contribution in [-0.4, -0.2) is 144 Å². The number of carboxylic acid groups (broad SMARTS) is 1. The quantitative estimate of drug-likeness (QED) is 0.141. The van der Waals surface area contributed by atoms with Gasteiger partial charge in [-0.25, -0.2) is 24.1 Å². The predicted molar refractivity (Wildman–Crippen MR) is 257 cm³/mol. The summed E-state index contributed by atoms with van der Waals surface area (Å²) >= 11 is 16.0. The van der Waals surface area contributed by atoms with Crippen LogP contribution in [0.5, 0.6) is 29.1 Å². The summed E-state index contributed by atoms with van der Waals surface area (Å²) in [6.07, 6.45) is 1.60. The molecule has 1 N–H and O–H groups in total. The molecule has 0 aliphatic carbocycles. The van der Waals surface area contributed by atoms with Crippen LogP contribution in [0.15, 0.2) is 61.1 Å². The Hall–Kier alpha value is -5.40. The van der Waals surface area contributed by atoms with E-state index in [0.717, 1.165) is 45.7 Å². The maximum atomic E-state index is 14.4. The molecule has 0 amide bonds. The first kappa shape index (κ1) is 47.7. The molecule has 15 nitrogen and oxygen atoms in total. The van der Waals surface area contributed by atoms with Crippen molar-refractivity contribution in [3.05, 3.63) is 99.3 Å². The molecule has 2 fully saturated rings. The second-order valence-electron chi connectivity index (χ2n) is 17.4. The molecule has 0 spiro atoms. The van der Waals surface area contributed by atoms with Gasteiger partial charge in [0.2, 0.25) is 12.0 Å². The normalized spacial score (nSPS) is 19.7. The number of hydrogen-bond donors (Lipinski definition) is 1. The van der Waals surface area contributed by atoms with E-state index < -0.39 is 24.0 Å². The first-order valence-electron chi connectivity index (χ1n) is 22.5. The lowest BCUT2D eigenvalue weighted by molar-refractivity contribution is -0.145. The van der Waals surface area contributed by atoms with Crippen LogP contribution < -0.4 is 23.7 Å². The van der Waals surface area contributed by atoms with Gasteiger partial charge in [0.1, 0.15) is 60.5 Å². The number of piperazine rings is 1. The molecule has 19 heteroatoms. The van der Waals surface area contributed by atoms with E-state index in [1.54, 1.807) is 42.6 Å². The molecule has 3 atom stereocenters. The fraction of sp³-hybridized carbons (Fsp3) is 0.408. The minimum Gasteiger partial charge on any atom is -0.490 e. The highest BCUT2D eigenvalue weighted by molar-refractivity contribution is 7.22. The molecule has 4 aliphatic rings. The van der Waals surface area contributed by atoms with Gasteiger partial charge in [-0.15, -0.1) is 11.3 Å². The molecule has 7 heterocycles. The molecule has 0 saturated carbocycles. The second kappa shape index (κ2) is 21.1. The van der Waals surface area contributed by atoms with E-state index in [9.17, 15) is 14.3 Å². The summed E-state index contributed by atoms with van der Waals surface area (Å²) in [5.41, 5.74) is 4.29. The van der Waals surface area contributed by atoms with Crippen molar-refractivity contribution in [1.29, 1.82) is 0 Å². The number of carbonyl (C=O) groups is 1. The van der Waals surface area contributed by atoms with Crippen LogP contribution >= 0.6 is 34.5 Å². The van der Waals surface area contributed by atoms with Crippen molar-refractivity contribution < 1.29 is 42.7 Å². The first-order chi connectivity index (χ1) is 32.9. The van der Waals surface area contributed by atoms with Gasteiger partial charge in [0.15, 0.2) is 5.75 Å². The highest BCUT2D eigenvalue weighted by Crippen LogP contribution is 2.53. The Bertz CT molecular complexity index is 2750. The number of likely N-dealkylation sites (N-methyl/N-ethyl adjacent to an activating group) is 2. The number of nitrogens with zero attached hydrogens (tertiary/aromatic N) is 7. The number of benzene rings is 3. The molecule has 4 bridgehead atoms. The number of rotatable bonds is 10. The maximum Gasteiger partial charge on any atom is 0.345 e. The van der Waals surface area contributed by atoms with E-state index in [4.69, 9.17) is 51.6 Å². The van der Waals surface area contributed by atoms with E-state index in [-0.39, 0.29) is 37.6 Å². The van der Waals surface area contributed by atoms with Gasteiger partial charge < -0.3 is 43.3 Å². The topological polar surface area (TPSA) is 154 Å². The molecule has 10 rings (SSSR count). The standard InChI is InChI=1S/C49H52Cl2FN7O8S/c1-28-39-29(2)43(51)44(42(28)50)66-36(23-59-17-15-57(3)16-18-59)26-63-34-10-11-37(64-24-33-12-13-53-49(56-33)65-25-35-22-58(4)14-5-19-62-35)31(20-34)21-38(48(60)61)67-46-41-40(39)45(68-47(41)55-27-54-46)30-6-8-32(52)9-7-30/h6-13,20,27,35-36,38H,5,14-19,21-26H2,1-4H3,(H,60,61)/t35-,36+,38+/m0/s1. The third kappa shape index (κ3) is 10.7. The number of aliphatic carboxylic acids is 1. The van der Waals surface area contributed by atoms with Crippen LogP contribution in [0.25, 0.3) is 31.8 Å². The van der Waals surface area contributed by atoms with Crippen LogP contribution in [0.3, 0.4) is 0 Å². The Balaban J connectivity index is 1.11. The highest BCUT2D eigenvalue weighted by Gasteiger charge is 2.32. The van der Waals surface area contributed by atoms with Gasteiger partial charge in [-0.3, -0.25) is 4.90 Å². The number of fused-ring (bicyclic) bond motifs is 7. The summed E-state index contributed by atoms with van der Waals surface area (Å²) < 4.78 is 52.5. The molecule has 6 aromatic rings. The lowest BCUT2D eigenvalue weighted by Gasteiger charge is -2.35. The Morgan fingerprint density at radius 2 is 1.69 bits per heavy atom. The number of carboxylic acids is 1. The molecule has 2 saturated heterocycles. The Labute approximate surface area is 407 Å². The summed E-state index contributed by atoms with van der Waals surface area (Å²) in [4.78, 5) is 39.4. The summed E-state index contributed by atoms with van der Waals surface area (Å²) in [5.74, 6) is -0.471. The SMILES string of the molecule is Cc1c(Cl)c2c(Cl)c(C)c1-c1c(-c3ccc(F)cc3)sc3ncnc(c13)O[C@@H](C(=O)O)Cc1cc(ccc1OCc1ccnc(OC[C@@H]3CN(C)CCCO3)n1)OC[C@@H](CN1CCN(C)CC1)O2. The largest absolute Gasteiger partial charge is 0.490 e. The fourth-order valence-electron chi connectivity index (χ4n) is 8.74. The highest BCUT2D eigenvalue weighted by atomic mass is 35.5. The van der Waals surface area contributed by atoms with Crippen LogP contribution in [0, 0.1) is 19.7 Å². The van der Waals surface area contributed by atoms with E-state index in [0.29, 0.717) is 101 Å². The van der Waals surface area contributed by atoms with Gasteiger partial charge in [-0.2, -0.15) is 4.98 Å². The van der Waals surface area contributed by atoms with Gasteiger partial charge in [0.25, 0.3) is 0 Å². The lowest BCUT2D eigenvalue weighted by Crippen LogP contribution is -2.49. The number of hydrogen-bond acceptors (Lipinski definition) is 15. The smallest absolute Gasteiger partial charge is 0.345 e. The van der Waals surface area contributed by atoms with Gasteiger partial charge in [-0.1, -0.05) is 35.3 Å². The number of aromatic nitrogens is 4. The molecule has 358 valence electrons. The maximum absolute atomic E-state index is 14.4. The van der Waals surface area contributed by atoms with Gasteiger partial charge in [-0.05, 0) is 93.0 Å². The zero-order valence-electron chi connectivity index (χ0n) is 38.2. The van der Waals surface area contributed by atoms with E-state index in [1.807, 2.05) is 13.8 Å². The lowest BCUT2D eigenvalue weighted by atomic mass is 9.92. The van der Waals surface area contributed by atoms with Crippen LogP contribution in [0.2, 0.25) is 10.0 Å². The third-order valence-electron chi connectivity index (χ3n) is 12.4. The minimum atomic E-state index is -1.47. The molecule has 3 aromatic carbocycles. The fourth-order valence-corrected chi connectivity index (χ4v) is 10.4. The van der Waals surface area contributed by atoms with Crippen LogP contribution in [0.4, 0.5) is 4.39 Å². The molecule has 68 heavy (non-hydrogen) atoms. The summed E-state index contributed by atoms with van der Waals surface area (Å²) in [7, 11) is 4.16. The van der Waals surface area contributed by atoms with E-state index in [1.165, 1.54) is 29.8 Å². The monoisotopic (exact) mass is 987 g/mol. The first-order valence-corrected chi connectivity index (χ1v) is 24.1. The van der Waals surface area contributed by atoms with Crippen molar-refractivity contribution in [1.82, 2.24) is 34.6 Å². The molecule has 4 aliphatic heterocycles. The number of halogens is 3. The Morgan fingerprint density at radius 3 is 2.46 bits per heavy atom. The zero-order chi connectivity index (χ0) is 47.5. The number of ether oxygens (including phenoxy) is 6.